The van der Waals surface area contributed by atoms with Gasteiger partial charge in [0.2, 0.25) is 5.91 Å². The van der Waals surface area contributed by atoms with Gasteiger partial charge in [0.15, 0.2) is 5.16 Å². The maximum atomic E-state index is 12.5. The minimum atomic E-state index is -0.0882. The Kier molecular flexibility index (Phi) is 5.99. The number of ether oxygens (including phenoxy) is 1. The highest BCUT2D eigenvalue weighted by molar-refractivity contribution is 7.99. The number of para-hydroxylation sites is 2. The molecule has 152 valence electrons. The number of rotatable bonds is 7. The zero-order valence-corrected chi connectivity index (χ0v) is 17.6. The van der Waals surface area contributed by atoms with Gasteiger partial charge >= 0.3 is 0 Å². The van der Waals surface area contributed by atoms with Gasteiger partial charge in [-0.05, 0) is 41.5 Å². The Morgan fingerprint density at radius 3 is 2.70 bits per heavy atom. The smallest absolute Gasteiger partial charge is 0.230 e. The summed E-state index contributed by atoms with van der Waals surface area (Å²) in [4.78, 5) is 12.5. The maximum Gasteiger partial charge on any atom is 0.230 e. The Bertz CT molecular complexity index is 1170. The van der Waals surface area contributed by atoms with E-state index in [2.05, 4.69) is 45.8 Å². The Labute approximate surface area is 179 Å². The summed E-state index contributed by atoms with van der Waals surface area (Å²) in [6.07, 6.45) is 1.62. The number of thioether (sulfide) groups is 1. The van der Waals surface area contributed by atoms with Crippen LogP contribution in [0.25, 0.3) is 16.5 Å². The number of nitrogens with one attached hydrogen (secondary N) is 1. The molecule has 1 heterocycles. The monoisotopic (exact) mass is 418 g/mol. The lowest BCUT2D eigenvalue weighted by molar-refractivity contribution is -0.119. The number of aromatic nitrogens is 3. The summed E-state index contributed by atoms with van der Waals surface area (Å²) in [6, 6.07) is 22.0. The van der Waals surface area contributed by atoms with Crippen molar-refractivity contribution in [3.63, 3.8) is 0 Å². The van der Waals surface area contributed by atoms with Crippen LogP contribution >= 0.6 is 11.8 Å². The van der Waals surface area contributed by atoms with Crippen LogP contribution in [0.15, 0.2) is 78.2 Å². The molecule has 0 spiro atoms. The molecule has 30 heavy (non-hydrogen) atoms. The van der Waals surface area contributed by atoms with Crippen molar-refractivity contribution in [2.75, 3.05) is 12.9 Å². The number of amides is 1. The highest BCUT2D eigenvalue weighted by atomic mass is 32.2. The summed E-state index contributed by atoms with van der Waals surface area (Å²) in [7, 11) is 1.62. The molecule has 0 saturated heterocycles. The first-order valence-electron chi connectivity index (χ1n) is 9.60. The summed E-state index contributed by atoms with van der Waals surface area (Å²) < 4.78 is 7.24. The van der Waals surface area contributed by atoms with Crippen LogP contribution < -0.4 is 10.1 Å². The maximum absolute atomic E-state index is 12.5. The number of carbonyl (C=O) groups is 1. The molecule has 7 heteroatoms. The Balaban J connectivity index is 1.41. The average Bonchev–Trinajstić information content (AvgIpc) is 3.25. The third kappa shape index (κ3) is 4.31. The van der Waals surface area contributed by atoms with Crippen LogP contribution in [0.4, 0.5) is 0 Å². The average molecular weight is 419 g/mol. The lowest BCUT2D eigenvalue weighted by Crippen LogP contribution is -2.28. The Morgan fingerprint density at radius 2 is 1.87 bits per heavy atom. The van der Waals surface area contributed by atoms with E-state index in [0.29, 0.717) is 10.9 Å². The first-order chi connectivity index (χ1) is 14.7. The van der Waals surface area contributed by atoms with E-state index < -0.39 is 0 Å². The molecule has 1 atom stereocenters. The molecular formula is C23H22N4O2S. The number of methoxy groups -OCH3 is 1. The molecule has 1 N–H and O–H groups in total. The second-order valence-electron chi connectivity index (χ2n) is 6.84. The molecule has 1 amide bonds. The van der Waals surface area contributed by atoms with Crippen LogP contribution in [-0.4, -0.2) is 33.5 Å². The van der Waals surface area contributed by atoms with Gasteiger partial charge in [0.1, 0.15) is 12.1 Å². The van der Waals surface area contributed by atoms with E-state index >= 15 is 0 Å². The molecule has 0 aliphatic rings. The summed E-state index contributed by atoms with van der Waals surface area (Å²) in [5.74, 6) is 0.898. The van der Waals surface area contributed by atoms with E-state index in [4.69, 9.17) is 4.74 Å². The summed E-state index contributed by atoms with van der Waals surface area (Å²) in [5, 5.41) is 14.2. The van der Waals surface area contributed by atoms with E-state index in [-0.39, 0.29) is 17.7 Å². The summed E-state index contributed by atoms with van der Waals surface area (Å²) in [6.45, 7) is 1.99. The van der Waals surface area contributed by atoms with Gasteiger partial charge in [0.05, 0.1) is 24.6 Å². The highest BCUT2D eigenvalue weighted by Crippen LogP contribution is 2.27. The summed E-state index contributed by atoms with van der Waals surface area (Å²) >= 11 is 1.34. The van der Waals surface area contributed by atoms with Gasteiger partial charge in [-0.3, -0.25) is 9.36 Å². The fraction of sp³-hybridized carbons (Fsp3) is 0.174. The molecule has 3 aromatic carbocycles. The molecule has 4 aromatic rings. The van der Waals surface area contributed by atoms with Crippen LogP contribution in [-0.2, 0) is 4.79 Å². The van der Waals surface area contributed by atoms with Crippen molar-refractivity contribution in [1.29, 1.82) is 0 Å². The minimum absolute atomic E-state index is 0.0600. The van der Waals surface area contributed by atoms with Gasteiger partial charge in [-0.1, -0.05) is 60.3 Å². The van der Waals surface area contributed by atoms with Crippen molar-refractivity contribution in [1.82, 2.24) is 20.1 Å². The molecule has 1 unspecified atom stereocenters. The molecule has 0 fully saturated rings. The van der Waals surface area contributed by atoms with Crippen molar-refractivity contribution >= 4 is 28.4 Å². The van der Waals surface area contributed by atoms with Crippen LogP contribution in [0.5, 0.6) is 5.75 Å². The van der Waals surface area contributed by atoms with E-state index in [0.717, 1.165) is 16.6 Å². The van der Waals surface area contributed by atoms with Gasteiger partial charge in [-0.15, -0.1) is 10.2 Å². The molecule has 6 nitrogen and oxygen atoms in total. The second-order valence-corrected chi connectivity index (χ2v) is 7.78. The topological polar surface area (TPSA) is 69.0 Å². The van der Waals surface area contributed by atoms with Crippen molar-refractivity contribution < 1.29 is 9.53 Å². The second kappa shape index (κ2) is 9.00. The Hall–Kier alpha value is -3.32. The number of benzene rings is 3. The van der Waals surface area contributed by atoms with Gasteiger partial charge < -0.3 is 10.1 Å². The number of fused-ring (bicyclic) bond motifs is 1. The number of hydrogen-bond donors (Lipinski definition) is 1. The highest BCUT2D eigenvalue weighted by Gasteiger charge is 2.15. The minimum Gasteiger partial charge on any atom is -0.495 e. The predicted molar refractivity (Wildman–Crippen MR) is 119 cm³/mol. The van der Waals surface area contributed by atoms with Crippen LogP contribution in [0, 0.1) is 0 Å². The fourth-order valence-corrected chi connectivity index (χ4v) is 4.02. The molecule has 0 bridgehead atoms. The van der Waals surface area contributed by atoms with Crippen molar-refractivity contribution in [3.05, 3.63) is 78.6 Å². The predicted octanol–water partition coefficient (Wildman–Crippen LogP) is 4.40. The molecular weight excluding hydrogens is 396 g/mol. The number of nitrogens with zero attached hydrogens (tertiary/aromatic N) is 3. The van der Waals surface area contributed by atoms with Crippen LogP contribution in [0.1, 0.15) is 18.5 Å². The van der Waals surface area contributed by atoms with Crippen molar-refractivity contribution in [2.45, 2.75) is 18.1 Å². The Morgan fingerprint density at radius 1 is 1.10 bits per heavy atom. The van der Waals surface area contributed by atoms with Gasteiger partial charge in [0.25, 0.3) is 0 Å². The van der Waals surface area contributed by atoms with Gasteiger partial charge in [-0.2, -0.15) is 0 Å². The number of hydrogen-bond acceptors (Lipinski definition) is 5. The van der Waals surface area contributed by atoms with E-state index in [1.165, 1.54) is 17.1 Å². The molecule has 0 radical (unpaired) electrons. The van der Waals surface area contributed by atoms with Crippen molar-refractivity contribution in [3.8, 4) is 11.4 Å². The standard InChI is InChI=1S/C23H22N4O2S/c1-16(18-12-11-17-7-3-4-8-19(17)13-18)25-22(28)14-30-23-26-24-15-27(23)20-9-5-6-10-21(20)29-2/h3-13,15-16H,14H2,1-2H3,(H,25,28). The van der Waals surface area contributed by atoms with Crippen molar-refractivity contribution in [2.24, 2.45) is 0 Å². The third-order valence-electron chi connectivity index (χ3n) is 4.84. The fourth-order valence-electron chi connectivity index (χ4n) is 3.29. The van der Waals surface area contributed by atoms with Gasteiger partial charge in [0, 0.05) is 0 Å². The molecule has 0 saturated carbocycles. The quantitative estimate of drug-likeness (QED) is 0.451. The molecule has 1 aromatic heterocycles. The lowest BCUT2D eigenvalue weighted by Gasteiger charge is -2.15. The first kappa shape index (κ1) is 20.0. The van der Waals surface area contributed by atoms with E-state index in [1.807, 2.05) is 47.9 Å². The largest absolute Gasteiger partial charge is 0.495 e. The lowest BCUT2D eigenvalue weighted by atomic mass is 10.0. The molecule has 4 rings (SSSR count). The first-order valence-corrected chi connectivity index (χ1v) is 10.6. The SMILES string of the molecule is COc1ccccc1-n1cnnc1SCC(=O)NC(C)c1ccc2ccccc2c1. The molecule has 0 aliphatic heterocycles. The zero-order valence-electron chi connectivity index (χ0n) is 16.8. The third-order valence-corrected chi connectivity index (χ3v) is 5.79. The molecule has 0 aliphatic carbocycles. The van der Waals surface area contributed by atoms with Crippen LogP contribution in [0.2, 0.25) is 0 Å². The zero-order chi connectivity index (χ0) is 20.9. The van der Waals surface area contributed by atoms with Gasteiger partial charge in [-0.25, -0.2) is 0 Å². The van der Waals surface area contributed by atoms with E-state index in [1.54, 1.807) is 13.4 Å². The normalized spacial score (nSPS) is 11.9. The number of carbonyl (C=O) groups excluding carboxylic acids is 1. The van der Waals surface area contributed by atoms with E-state index in [9.17, 15) is 4.79 Å². The summed E-state index contributed by atoms with van der Waals surface area (Å²) in [5.41, 5.74) is 1.90. The van der Waals surface area contributed by atoms with Crippen LogP contribution in [0.3, 0.4) is 0 Å².